The van der Waals surface area contributed by atoms with Crippen LogP contribution >= 0.6 is 0 Å². The van der Waals surface area contributed by atoms with Gasteiger partial charge < -0.3 is 4.74 Å². The van der Waals surface area contributed by atoms with Crippen LogP contribution in [0.1, 0.15) is 25.3 Å². The van der Waals surface area contributed by atoms with Gasteiger partial charge in [-0.1, -0.05) is 13.0 Å². The lowest BCUT2D eigenvalue weighted by atomic mass is 10.2. The van der Waals surface area contributed by atoms with Crippen LogP contribution < -0.4 is 4.74 Å². The summed E-state index contributed by atoms with van der Waals surface area (Å²) in [6.07, 6.45) is 1.32. The van der Waals surface area contributed by atoms with E-state index in [4.69, 9.17) is 4.74 Å². The van der Waals surface area contributed by atoms with Crippen molar-refractivity contribution in [2.75, 3.05) is 6.61 Å². The zero-order valence-corrected chi connectivity index (χ0v) is 9.05. The number of carbonyl (C=O) groups is 1. The molecule has 0 aliphatic heterocycles. The molecule has 0 N–H and O–H groups in total. The summed E-state index contributed by atoms with van der Waals surface area (Å²) in [7, 11) is 0. The van der Waals surface area contributed by atoms with Gasteiger partial charge in [0, 0.05) is 12.5 Å². The summed E-state index contributed by atoms with van der Waals surface area (Å²) in [6.45, 7) is 3.64. The summed E-state index contributed by atoms with van der Waals surface area (Å²) in [5.41, 5.74) is 0.572. The summed E-state index contributed by atoms with van der Waals surface area (Å²) in [4.78, 5) is 11.1. The van der Waals surface area contributed by atoms with Crippen LogP contribution in [0.5, 0.6) is 5.75 Å². The topological polar surface area (TPSA) is 26.3 Å². The van der Waals surface area contributed by atoms with Crippen molar-refractivity contribution >= 4 is 5.78 Å². The molecular formula is C12H15FO2. The number of ketones is 1. The smallest absolute Gasteiger partial charge is 0.170 e. The van der Waals surface area contributed by atoms with E-state index >= 15 is 0 Å². The SMILES string of the molecule is CCCC(=O)COc1ccc(C)c(F)c1. The van der Waals surface area contributed by atoms with Crippen LogP contribution in [0, 0.1) is 12.7 Å². The molecule has 82 valence electrons. The van der Waals surface area contributed by atoms with Crippen molar-refractivity contribution in [3.8, 4) is 5.75 Å². The van der Waals surface area contributed by atoms with Gasteiger partial charge in [-0.25, -0.2) is 4.39 Å². The Morgan fingerprint density at radius 3 is 2.80 bits per heavy atom. The van der Waals surface area contributed by atoms with Gasteiger partial charge in [0.25, 0.3) is 0 Å². The Morgan fingerprint density at radius 1 is 1.47 bits per heavy atom. The molecule has 0 bridgehead atoms. The van der Waals surface area contributed by atoms with E-state index in [0.717, 1.165) is 6.42 Å². The normalized spacial score (nSPS) is 10.1. The molecule has 0 amide bonds. The maximum Gasteiger partial charge on any atom is 0.170 e. The van der Waals surface area contributed by atoms with Gasteiger partial charge in [-0.3, -0.25) is 4.79 Å². The number of ether oxygens (including phenoxy) is 1. The van der Waals surface area contributed by atoms with Gasteiger partial charge in [0.05, 0.1) is 0 Å². The second-order valence-electron chi connectivity index (χ2n) is 3.49. The molecule has 0 atom stereocenters. The lowest BCUT2D eigenvalue weighted by Gasteiger charge is -2.05. The van der Waals surface area contributed by atoms with Crippen LogP contribution in [0.25, 0.3) is 0 Å². The molecule has 15 heavy (non-hydrogen) atoms. The Hall–Kier alpha value is -1.38. The lowest BCUT2D eigenvalue weighted by molar-refractivity contribution is -0.121. The molecule has 1 rings (SSSR count). The molecule has 3 heteroatoms. The third-order valence-corrected chi connectivity index (χ3v) is 2.07. The van der Waals surface area contributed by atoms with Crippen molar-refractivity contribution in [2.24, 2.45) is 0 Å². The van der Waals surface area contributed by atoms with E-state index in [2.05, 4.69) is 0 Å². The van der Waals surface area contributed by atoms with Crippen molar-refractivity contribution in [1.29, 1.82) is 0 Å². The minimum atomic E-state index is -0.310. The number of rotatable bonds is 5. The molecule has 0 aromatic heterocycles. The average molecular weight is 210 g/mol. The highest BCUT2D eigenvalue weighted by Crippen LogP contribution is 2.15. The van der Waals surface area contributed by atoms with E-state index < -0.39 is 0 Å². The molecule has 0 saturated heterocycles. The first-order valence-electron chi connectivity index (χ1n) is 5.04. The van der Waals surface area contributed by atoms with Crippen molar-refractivity contribution in [1.82, 2.24) is 0 Å². The molecule has 0 fully saturated rings. The molecule has 0 radical (unpaired) electrons. The Labute approximate surface area is 89.1 Å². The molecule has 0 saturated carbocycles. The number of Topliss-reactive ketones (excluding diaryl/α,β-unsaturated/α-hetero) is 1. The Bertz CT molecular complexity index is 347. The highest BCUT2D eigenvalue weighted by Gasteiger charge is 2.03. The highest BCUT2D eigenvalue weighted by molar-refractivity contribution is 5.79. The zero-order chi connectivity index (χ0) is 11.3. The number of carbonyl (C=O) groups excluding carboxylic acids is 1. The van der Waals surface area contributed by atoms with Crippen LogP contribution in [-0.2, 0) is 4.79 Å². The lowest BCUT2D eigenvalue weighted by Crippen LogP contribution is -2.10. The van der Waals surface area contributed by atoms with E-state index in [1.807, 2.05) is 6.92 Å². The fraction of sp³-hybridized carbons (Fsp3) is 0.417. The summed E-state index contributed by atoms with van der Waals surface area (Å²) in [5, 5.41) is 0. The first-order chi connectivity index (χ1) is 7.13. The summed E-state index contributed by atoms with van der Waals surface area (Å²) < 4.78 is 18.3. The molecule has 0 aliphatic rings. The average Bonchev–Trinajstić information content (AvgIpc) is 2.20. The Morgan fingerprint density at radius 2 is 2.20 bits per heavy atom. The molecule has 1 aromatic rings. The Kier molecular flexibility index (Phi) is 4.28. The summed E-state index contributed by atoms with van der Waals surface area (Å²) >= 11 is 0. The molecular weight excluding hydrogens is 195 g/mol. The molecule has 1 aromatic carbocycles. The minimum Gasteiger partial charge on any atom is -0.486 e. The second-order valence-corrected chi connectivity index (χ2v) is 3.49. The summed E-state index contributed by atoms with van der Waals surface area (Å²) in [5.74, 6) is 0.136. The largest absolute Gasteiger partial charge is 0.486 e. The number of benzene rings is 1. The van der Waals surface area contributed by atoms with Crippen LogP contribution in [0.15, 0.2) is 18.2 Å². The quantitative estimate of drug-likeness (QED) is 0.747. The van der Waals surface area contributed by atoms with E-state index in [9.17, 15) is 9.18 Å². The summed E-state index contributed by atoms with van der Waals surface area (Å²) in [6, 6.07) is 4.60. The minimum absolute atomic E-state index is 0.0241. The van der Waals surface area contributed by atoms with E-state index in [1.165, 1.54) is 6.07 Å². The fourth-order valence-corrected chi connectivity index (χ4v) is 1.18. The van der Waals surface area contributed by atoms with Gasteiger partial charge in [-0.05, 0) is 25.0 Å². The van der Waals surface area contributed by atoms with Crippen molar-refractivity contribution in [3.05, 3.63) is 29.6 Å². The van der Waals surface area contributed by atoms with Crippen molar-refractivity contribution in [2.45, 2.75) is 26.7 Å². The zero-order valence-electron chi connectivity index (χ0n) is 9.05. The standard InChI is InChI=1S/C12H15FO2/c1-3-4-10(14)8-15-11-6-5-9(2)12(13)7-11/h5-7H,3-4,8H2,1-2H3. The van der Waals surface area contributed by atoms with Gasteiger partial charge in [-0.15, -0.1) is 0 Å². The van der Waals surface area contributed by atoms with Gasteiger partial charge >= 0.3 is 0 Å². The van der Waals surface area contributed by atoms with E-state index in [-0.39, 0.29) is 18.2 Å². The van der Waals surface area contributed by atoms with Gasteiger partial charge in [0.2, 0.25) is 0 Å². The van der Waals surface area contributed by atoms with Crippen LogP contribution in [-0.4, -0.2) is 12.4 Å². The first kappa shape index (κ1) is 11.7. The van der Waals surface area contributed by atoms with E-state index in [0.29, 0.717) is 17.7 Å². The van der Waals surface area contributed by atoms with Gasteiger partial charge in [-0.2, -0.15) is 0 Å². The number of hydrogen-bond acceptors (Lipinski definition) is 2. The van der Waals surface area contributed by atoms with Crippen LogP contribution in [0.2, 0.25) is 0 Å². The van der Waals surface area contributed by atoms with Crippen molar-refractivity contribution in [3.63, 3.8) is 0 Å². The fourth-order valence-electron chi connectivity index (χ4n) is 1.18. The molecule has 0 unspecified atom stereocenters. The number of halogens is 1. The molecule has 0 spiro atoms. The highest BCUT2D eigenvalue weighted by atomic mass is 19.1. The van der Waals surface area contributed by atoms with Gasteiger partial charge in [0.1, 0.15) is 18.2 Å². The maximum absolute atomic E-state index is 13.1. The van der Waals surface area contributed by atoms with Gasteiger partial charge in [0.15, 0.2) is 5.78 Å². The third kappa shape index (κ3) is 3.70. The molecule has 0 aliphatic carbocycles. The third-order valence-electron chi connectivity index (χ3n) is 2.07. The molecule has 2 nitrogen and oxygen atoms in total. The van der Waals surface area contributed by atoms with E-state index in [1.54, 1.807) is 19.1 Å². The monoisotopic (exact) mass is 210 g/mol. The van der Waals surface area contributed by atoms with Crippen LogP contribution in [0.3, 0.4) is 0 Å². The predicted molar refractivity (Wildman–Crippen MR) is 56.5 cm³/mol. The van der Waals surface area contributed by atoms with Crippen LogP contribution in [0.4, 0.5) is 4.39 Å². The number of hydrogen-bond donors (Lipinski definition) is 0. The molecule has 0 heterocycles. The first-order valence-corrected chi connectivity index (χ1v) is 5.04. The maximum atomic E-state index is 13.1. The van der Waals surface area contributed by atoms with Crippen molar-refractivity contribution < 1.29 is 13.9 Å². The second kappa shape index (κ2) is 5.49. The Balaban J connectivity index is 2.51. The number of aryl methyl sites for hydroxylation is 1. The predicted octanol–water partition coefficient (Wildman–Crippen LogP) is 2.88.